The zero-order chi connectivity index (χ0) is 15.7. The third kappa shape index (κ3) is 5.19. The van der Waals surface area contributed by atoms with Gasteiger partial charge in [-0.05, 0) is 38.8 Å². The maximum Gasteiger partial charge on any atom is 0.317 e. The largest absolute Gasteiger partial charge is 0.481 e. The average molecular weight is 299 g/mol. The first-order chi connectivity index (χ1) is 10.1. The van der Waals surface area contributed by atoms with Crippen molar-refractivity contribution in [2.75, 3.05) is 32.7 Å². The van der Waals surface area contributed by atoms with Crippen LogP contribution in [0.5, 0.6) is 0 Å². The van der Waals surface area contributed by atoms with Gasteiger partial charge in [-0.2, -0.15) is 0 Å². The lowest BCUT2D eigenvalue weighted by Gasteiger charge is -2.39. The molecule has 1 atom stereocenters. The van der Waals surface area contributed by atoms with Gasteiger partial charge in [0.1, 0.15) is 0 Å². The molecule has 1 aliphatic heterocycles. The van der Waals surface area contributed by atoms with Crippen molar-refractivity contribution < 1.29 is 14.7 Å². The lowest BCUT2D eigenvalue weighted by molar-refractivity contribution is -0.152. The number of nitrogens with one attached hydrogen (secondary N) is 2. The maximum atomic E-state index is 12.1. The molecule has 122 valence electrons. The molecule has 1 aliphatic rings. The molecule has 1 unspecified atom stereocenters. The van der Waals surface area contributed by atoms with Crippen LogP contribution in [-0.2, 0) is 4.79 Å². The van der Waals surface area contributed by atoms with Gasteiger partial charge in [0.2, 0.25) is 0 Å². The number of rotatable bonds is 8. The number of piperidine rings is 1. The van der Waals surface area contributed by atoms with Gasteiger partial charge < -0.3 is 20.6 Å². The molecule has 6 heteroatoms. The van der Waals surface area contributed by atoms with Gasteiger partial charge in [-0.1, -0.05) is 20.3 Å². The Morgan fingerprint density at radius 3 is 2.67 bits per heavy atom. The molecule has 21 heavy (non-hydrogen) atoms. The third-order valence-corrected chi connectivity index (χ3v) is 4.10. The normalized spacial score (nSPS) is 22.1. The van der Waals surface area contributed by atoms with Crippen molar-refractivity contribution in [1.29, 1.82) is 0 Å². The van der Waals surface area contributed by atoms with Crippen LogP contribution in [0, 0.1) is 5.41 Å². The Hall–Kier alpha value is -1.30. The number of hydrogen-bond acceptors (Lipinski definition) is 3. The van der Waals surface area contributed by atoms with Crippen molar-refractivity contribution >= 4 is 12.0 Å². The Kier molecular flexibility index (Phi) is 7.50. The van der Waals surface area contributed by atoms with Crippen LogP contribution in [0.25, 0.3) is 0 Å². The molecule has 0 aliphatic carbocycles. The minimum atomic E-state index is -0.769. The van der Waals surface area contributed by atoms with E-state index < -0.39 is 11.4 Å². The van der Waals surface area contributed by atoms with Gasteiger partial charge >= 0.3 is 12.0 Å². The molecular formula is C15H29N3O3. The second kappa shape index (κ2) is 8.87. The molecular weight excluding hydrogens is 270 g/mol. The van der Waals surface area contributed by atoms with Crippen LogP contribution in [-0.4, -0.2) is 54.7 Å². The molecule has 0 aromatic carbocycles. The summed E-state index contributed by atoms with van der Waals surface area (Å²) in [4.78, 5) is 25.4. The lowest BCUT2D eigenvalue weighted by atomic mass is 9.76. The number of likely N-dealkylation sites (tertiary alicyclic amines) is 1. The van der Waals surface area contributed by atoms with Gasteiger partial charge in [0.05, 0.1) is 5.41 Å². The number of urea groups is 1. The summed E-state index contributed by atoms with van der Waals surface area (Å²) in [7, 11) is 0. The van der Waals surface area contributed by atoms with E-state index in [1.54, 1.807) is 4.90 Å². The van der Waals surface area contributed by atoms with Gasteiger partial charge in [0, 0.05) is 19.6 Å². The molecule has 0 aromatic rings. The highest BCUT2D eigenvalue weighted by Gasteiger charge is 2.42. The van der Waals surface area contributed by atoms with Gasteiger partial charge in [0.25, 0.3) is 0 Å². The highest BCUT2D eigenvalue weighted by atomic mass is 16.4. The molecule has 1 fully saturated rings. The average Bonchev–Trinajstić information content (AvgIpc) is 2.47. The Morgan fingerprint density at radius 1 is 1.29 bits per heavy atom. The highest BCUT2D eigenvalue weighted by Crippen LogP contribution is 2.35. The van der Waals surface area contributed by atoms with Gasteiger partial charge in [-0.3, -0.25) is 4.79 Å². The fourth-order valence-electron chi connectivity index (χ4n) is 2.97. The van der Waals surface area contributed by atoms with Gasteiger partial charge in [-0.25, -0.2) is 4.79 Å². The first-order valence-corrected chi connectivity index (χ1v) is 8.02. The van der Waals surface area contributed by atoms with Gasteiger partial charge in [0.15, 0.2) is 0 Å². The van der Waals surface area contributed by atoms with Crippen LogP contribution in [0.15, 0.2) is 0 Å². The maximum absolute atomic E-state index is 12.1. The zero-order valence-electron chi connectivity index (χ0n) is 13.3. The molecule has 1 rings (SSSR count). The molecule has 0 bridgehead atoms. The van der Waals surface area contributed by atoms with Crippen LogP contribution >= 0.6 is 0 Å². The minimum Gasteiger partial charge on any atom is -0.481 e. The second-order valence-corrected chi connectivity index (χ2v) is 5.80. The third-order valence-electron chi connectivity index (χ3n) is 4.10. The lowest BCUT2D eigenvalue weighted by Crippen LogP contribution is -2.52. The first-order valence-electron chi connectivity index (χ1n) is 8.02. The number of carbonyl (C=O) groups excluding carboxylic acids is 1. The molecule has 1 heterocycles. The number of nitrogens with zero attached hydrogens (tertiary/aromatic N) is 1. The summed E-state index contributed by atoms with van der Waals surface area (Å²) >= 11 is 0. The molecule has 0 radical (unpaired) electrons. The second-order valence-electron chi connectivity index (χ2n) is 5.80. The number of amides is 2. The van der Waals surface area contributed by atoms with E-state index in [0.29, 0.717) is 32.5 Å². The van der Waals surface area contributed by atoms with Crippen molar-refractivity contribution in [3.05, 3.63) is 0 Å². The fraction of sp³-hybridized carbons (Fsp3) is 0.867. The number of aliphatic carboxylic acids is 1. The van der Waals surface area contributed by atoms with Crippen molar-refractivity contribution in [2.24, 2.45) is 5.41 Å². The van der Waals surface area contributed by atoms with Crippen LogP contribution in [0.4, 0.5) is 4.79 Å². The van der Waals surface area contributed by atoms with E-state index in [-0.39, 0.29) is 6.03 Å². The quantitative estimate of drug-likeness (QED) is 0.595. The van der Waals surface area contributed by atoms with Crippen LogP contribution in [0.1, 0.15) is 46.0 Å². The van der Waals surface area contributed by atoms with E-state index in [2.05, 4.69) is 10.6 Å². The van der Waals surface area contributed by atoms with Crippen molar-refractivity contribution in [1.82, 2.24) is 15.5 Å². The summed E-state index contributed by atoms with van der Waals surface area (Å²) in [6, 6.07) is -0.132. The molecule has 0 aromatic heterocycles. The van der Waals surface area contributed by atoms with E-state index in [1.807, 2.05) is 13.8 Å². The van der Waals surface area contributed by atoms with Gasteiger partial charge in [-0.15, -0.1) is 0 Å². The summed E-state index contributed by atoms with van der Waals surface area (Å²) in [5, 5.41) is 15.6. The summed E-state index contributed by atoms with van der Waals surface area (Å²) in [5.41, 5.74) is -0.756. The molecule has 6 nitrogen and oxygen atoms in total. The topological polar surface area (TPSA) is 81.7 Å². The number of hydrogen-bond donors (Lipinski definition) is 3. The Morgan fingerprint density at radius 2 is 2.05 bits per heavy atom. The van der Waals surface area contributed by atoms with E-state index in [1.165, 1.54) is 0 Å². The van der Waals surface area contributed by atoms with E-state index in [9.17, 15) is 14.7 Å². The summed E-state index contributed by atoms with van der Waals surface area (Å²) in [5.74, 6) is -0.769. The number of carboxylic acid groups (broad SMARTS) is 1. The SMILES string of the molecule is CCCC1(C(=O)O)CCCN(C(=O)NCCCNCC)C1. The standard InChI is InChI=1S/C15H29N3O3/c1-3-7-15(13(19)20)8-5-11-18(12-15)14(21)17-10-6-9-16-4-2/h16H,3-12H2,1-2H3,(H,17,21)(H,19,20). The first kappa shape index (κ1) is 17.8. The van der Waals surface area contributed by atoms with E-state index >= 15 is 0 Å². The summed E-state index contributed by atoms with van der Waals surface area (Å²) < 4.78 is 0. The van der Waals surface area contributed by atoms with Crippen molar-refractivity contribution in [3.63, 3.8) is 0 Å². The highest BCUT2D eigenvalue weighted by molar-refractivity contribution is 5.78. The minimum absolute atomic E-state index is 0.132. The van der Waals surface area contributed by atoms with Crippen LogP contribution < -0.4 is 10.6 Å². The van der Waals surface area contributed by atoms with Crippen molar-refractivity contribution in [3.8, 4) is 0 Å². The smallest absolute Gasteiger partial charge is 0.317 e. The summed E-state index contributed by atoms with van der Waals surface area (Å²) in [6.45, 7) is 7.45. The molecule has 2 amide bonds. The Bertz CT molecular complexity index is 345. The van der Waals surface area contributed by atoms with Crippen LogP contribution in [0.2, 0.25) is 0 Å². The number of carboxylic acids is 1. The Labute approximate surface area is 127 Å². The zero-order valence-corrected chi connectivity index (χ0v) is 13.3. The number of carbonyl (C=O) groups is 2. The molecule has 0 saturated carbocycles. The predicted molar refractivity (Wildman–Crippen MR) is 82.3 cm³/mol. The van der Waals surface area contributed by atoms with E-state index in [4.69, 9.17) is 0 Å². The predicted octanol–water partition coefficient (Wildman–Crippen LogP) is 1.66. The molecule has 0 spiro atoms. The Balaban J connectivity index is 2.47. The molecule has 1 saturated heterocycles. The van der Waals surface area contributed by atoms with Crippen molar-refractivity contribution in [2.45, 2.75) is 46.0 Å². The summed E-state index contributed by atoms with van der Waals surface area (Å²) in [6.07, 6.45) is 3.76. The molecule has 3 N–H and O–H groups in total. The fourth-order valence-corrected chi connectivity index (χ4v) is 2.97. The van der Waals surface area contributed by atoms with Crippen LogP contribution in [0.3, 0.4) is 0 Å². The monoisotopic (exact) mass is 299 g/mol. The van der Waals surface area contributed by atoms with E-state index in [0.717, 1.165) is 32.4 Å².